The minimum absolute atomic E-state index is 0.112. The lowest BCUT2D eigenvalue weighted by Crippen LogP contribution is -2.55. The number of ether oxygens (including phenoxy) is 3. The van der Waals surface area contributed by atoms with E-state index in [9.17, 15) is 14.4 Å². The Labute approximate surface area is 185 Å². The van der Waals surface area contributed by atoms with E-state index in [2.05, 4.69) is 5.32 Å². The molecule has 166 valence electrons. The Bertz CT molecular complexity index is 991. The maximum Gasteiger partial charge on any atom is 0.236 e. The number of halogens is 1. The van der Waals surface area contributed by atoms with Crippen molar-refractivity contribution in [3.05, 3.63) is 28.4 Å². The number of nitrogens with one attached hydrogen (secondary N) is 1. The molecule has 1 amide bonds. The van der Waals surface area contributed by atoms with E-state index in [1.165, 1.54) is 26.4 Å². The van der Waals surface area contributed by atoms with E-state index in [0.717, 1.165) is 18.7 Å². The van der Waals surface area contributed by atoms with E-state index in [1.807, 2.05) is 4.90 Å². The van der Waals surface area contributed by atoms with Gasteiger partial charge in [-0.15, -0.1) is 0 Å². The highest BCUT2D eigenvalue weighted by Crippen LogP contribution is 2.52. The number of likely N-dealkylation sites (tertiary alicyclic amines) is 1. The van der Waals surface area contributed by atoms with Gasteiger partial charge < -0.3 is 24.4 Å². The first-order valence-corrected chi connectivity index (χ1v) is 10.7. The van der Waals surface area contributed by atoms with Crippen LogP contribution in [-0.2, 0) is 9.59 Å². The van der Waals surface area contributed by atoms with Crippen molar-refractivity contribution in [3.63, 3.8) is 0 Å². The molecule has 0 aromatic heterocycles. The molecule has 3 aliphatic rings. The maximum atomic E-state index is 13.4. The van der Waals surface area contributed by atoms with Crippen LogP contribution in [0.1, 0.15) is 36.5 Å². The van der Waals surface area contributed by atoms with Crippen molar-refractivity contribution in [2.45, 2.75) is 31.8 Å². The van der Waals surface area contributed by atoms with Crippen LogP contribution in [0, 0.1) is 5.92 Å². The number of rotatable bonds is 6. The number of amides is 1. The molecule has 1 fully saturated rings. The number of fused-ring (bicyclic) bond motifs is 1. The van der Waals surface area contributed by atoms with Crippen LogP contribution in [0.4, 0.5) is 0 Å². The maximum absolute atomic E-state index is 13.4. The molecule has 1 aromatic rings. The lowest BCUT2D eigenvalue weighted by molar-refractivity contribution is -0.129. The highest BCUT2D eigenvalue weighted by Gasteiger charge is 2.60. The van der Waals surface area contributed by atoms with Crippen LogP contribution in [0.5, 0.6) is 17.2 Å². The van der Waals surface area contributed by atoms with Crippen molar-refractivity contribution in [1.29, 1.82) is 0 Å². The van der Waals surface area contributed by atoms with E-state index in [1.54, 1.807) is 6.92 Å². The normalized spacial score (nSPS) is 24.9. The van der Waals surface area contributed by atoms with Crippen LogP contribution in [0.2, 0.25) is 5.02 Å². The average Bonchev–Trinajstić information content (AvgIpc) is 3.29. The van der Waals surface area contributed by atoms with Gasteiger partial charge in [-0.1, -0.05) is 18.5 Å². The first kappa shape index (κ1) is 21.5. The Hall–Kier alpha value is -2.74. The van der Waals surface area contributed by atoms with E-state index >= 15 is 0 Å². The molecule has 2 aliphatic heterocycles. The summed E-state index contributed by atoms with van der Waals surface area (Å²) < 4.78 is 16.6. The number of carbonyl (C=O) groups is 3. The monoisotopic (exact) mass is 448 g/mol. The van der Waals surface area contributed by atoms with Crippen molar-refractivity contribution in [2.24, 2.45) is 5.92 Å². The molecule has 1 N–H and O–H groups in total. The fraction of sp³-hybridized carbons (Fsp3) is 0.500. The van der Waals surface area contributed by atoms with Crippen LogP contribution in [-0.4, -0.2) is 61.8 Å². The van der Waals surface area contributed by atoms with Gasteiger partial charge in [0.2, 0.25) is 23.1 Å². The van der Waals surface area contributed by atoms with Crippen molar-refractivity contribution in [3.8, 4) is 17.2 Å². The third-order valence-corrected chi connectivity index (χ3v) is 6.57. The zero-order valence-electron chi connectivity index (χ0n) is 17.7. The number of carbonyl (C=O) groups excluding carboxylic acids is 3. The van der Waals surface area contributed by atoms with Crippen LogP contribution in [0.15, 0.2) is 17.8 Å². The Morgan fingerprint density at radius 3 is 2.61 bits per heavy atom. The summed E-state index contributed by atoms with van der Waals surface area (Å²) >= 11 is 6.39. The summed E-state index contributed by atoms with van der Waals surface area (Å²) in [4.78, 5) is 40.2. The molecule has 0 radical (unpaired) electrons. The molecule has 0 bridgehead atoms. The molecule has 2 atom stereocenters. The van der Waals surface area contributed by atoms with Crippen molar-refractivity contribution >= 4 is 29.1 Å². The number of allylic oxidation sites excluding steroid dienone is 1. The second kappa shape index (κ2) is 8.07. The first-order valence-electron chi connectivity index (χ1n) is 10.3. The van der Waals surface area contributed by atoms with Gasteiger partial charge in [-0.25, -0.2) is 0 Å². The molecule has 1 spiro atoms. The minimum atomic E-state index is -1.68. The summed E-state index contributed by atoms with van der Waals surface area (Å²) in [5.74, 6) is -0.517. The third-order valence-electron chi connectivity index (χ3n) is 6.22. The third kappa shape index (κ3) is 3.33. The molecular weight excluding hydrogens is 424 g/mol. The fourth-order valence-corrected chi connectivity index (χ4v) is 4.81. The molecule has 31 heavy (non-hydrogen) atoms. The summed E-state index contributed by atoms with van der Waals surface area (Å²) in [7, 11) is 2.88. The Kier molecular flexibility index (Phi) is 5.60. The van der Waals surface area contributed by atoms with Crippen LogP contribution < -0.4 is 19.5 Å². The van der Waals surface area contributed by atoms with Gasteiger partial charge >= 0.3 is 0 Å². The largest absolute Gasteiger partial charge is 0.496 e. The zero-order valence-corrected chi connectivity index (χ0v) is 18.5. The Balaban J connectivity index is 1.57. The average molecular weight is 449 g/mol. The summed E-state index contributed by atoms with van der Waals surface area (Å²) in [5.41, 5.74) is -0.800. The molecule has 9 heteroatoms. The topological polar surface area (TPSA) is 94.2 Å². The highest BCUT2D eigenvalue weighted by molar-refractivity contribution is 6.36. The van der Waals surface area contributed by atoms with Crippen molar-refractivity contribution < 1.29 is 28.6 Å². The number of methoxy groups -OCH3 is 2. The summed E-state index contributed by atoms with van der Waals surface area (Å²) in [6.45, 7) is 3.69. The Morgan fingerprint density at radius 1 is 1.26 bits per heavy atom. The number of benzene rings is 1. The molecular formula is C22H25ClN2O6. The zero-order chi connectivity index (χ0) is 22.3. The summed E-state index contributed by atoms with van der Waals surface area (Å²) in [5, 5.41) is 3.36. The molecule has 0 saturated carbocycles. The van der Waals surface area contributed by atoms with Gasteiger partial charge in [-0.2, -0.15) is 0 Å². The van der Waals surface area contributed by atoms with Gasteiger partial charge in [0, 0.05) is 49.8 Å². The van der Waals surface area contributed by atoms with E-state index < -0.39 is 23.1 Å². The highest BCUT2D eigenvalue weighted by atomic mass is 35.5. The number of nitrogens with zero attached hydrogens (tertiary/aromatic N) is 1. The van der Waals surface area contributed by atoms with Crippen LogP contribution in [0.25, 0.3) is 0 Å². The predicted molar refractivity (Wildman–Crippen MR) is 113 cm³/mol. The quantitative estimate of drug-likeness (QED) is 0.667. The van der Waals surface area contributed by atoms with Crippen LogP contribution >= 0.6 is 11.6 Å². The number of hydrogen-bond donors (Lipinski definition) is 1. The predicted octanol–water partition coefficient (Wildman–Crippen LogP) is 2.38. The van der Waals surface area contributed by atoms with E-state index in [0.29, 0.717) is 31.7 Å². The van der Waals surface area contributed by atoms with Gasteiger partial charge in [0.25, 0.3) is 0 Å². The number of Topliss-reactive ketones (excluding diaryl/α,β-unsaturated/α-hetero) is 1. The van der Waals surface area contributed by atoms with E-state index in [-0.39, 0.29) is 28.0 Å². The van der Waals surface area contributed by atoms with Gasteiger partial charge in [0.15, 0.2) is 5.75 Å². The molecule has 0 unspecified atom stereocenters. The summed E-state index contributed by atoms with van der Waals surface area (Å²) in [6, 6.07) is 1.52. The standard InChI is InChI=1S/C22H25ClN2O6/c1-12-9-13(24-6-8-25-7-4-5-17(25)27)10-16(26)22(12)21(28)18-14(29-2)11-15(30-3)19(23)20(18)31-22/h10-12,24H,4-9H2,1-3H3/t12-,22+/m1/s1. The summed E-state index contributed by atoms with van der Waals surface area (Å²) in [6.07, 6.45) is 3.34. The lowest BCUT2D eigenvalue weighted by Gasteiger charge is -2.35. The van der Waals surface area contributed by atoms with Crippen LogP contribution in [0.3, 0.4) is 0 Å². The molecule has 1 aliphatic carbocycles. The van der Waals surface area contributed by atoms with E-state index in [4.69, 9.17) is 25.8 Å². The molecule has 1 saturated heterocycles. The van der Waals surface area contributed by atoms with Gasteiger partial charge in [-0.3, -0.25) is 14.4 Å². The second-order valence-corrected chi connectivity index (χ2v) is 8.39. The Morgan fingerprint density at radius 2 is 2.00 bits per heavy atom. The molecule has 2 heterocycles. The SMILES string of the molecule is COc1cc(OC)c2c(c1Cl)O[C@@]1(C(=O)C=C(NCCN3CCCC3=O)C[C@H]1C)C2=O. The van der Waals surface area contributed by atoms with Gasteiger partial charge in [0.1, 0.15) is 22.1 Å². The number of ketones is 2. The van der Waals surface area contributed by atoms with Crippen molar-refractivity contribution in [2.75, 3.05) is 33.9 Å². The molecule has 4 rings (SSSR count). The van der Waals surface area contributed by atoms with Crippen molar-refractivity contribution in [1.82, 2.24) is 10.2 Å². The van der Waals surface area contributed by atoms with Gasteiger partial charge in [0.05, 0.1) is 14.2 Å². The fourth-order valence-electron chi connectivity index (χ4n) is 4.54. The molecule has 1 aromatic carbocycles. The first-order chi connectivity index (χ1) is 14.8. The smallest absolute Gasteiger partial charge is 0.236 e. The molecule has 8 nitrogen and oxygen atoms in total. The lowest BCUT2D eigenvalue weighted by atomic mass is 9.74. The minimum Gasteiger partial charge on any atom is -0.496 e. The number of hydrogen-bond acceptors (Lipinski definition) is 7. The second-order valence-electron chi connectivity index (χ2n) is 8.02. The van der Waals surface area contributed by atoms with Gasteiger partial charge in [-0.05, 0) is 12.8 Å².